The number of nitrogens with two attached hydrogens (primary N) is 1. The number of amides is 3. The Labute approximate surface area is 219 Å². The van der Waals surface area contributed by atoms with Crippen molar-refractivity contribution in [2.45, 2.75) is 74.3 Å². The van der Waals surface area contributed by atoms with Gasteiger partial charge in [0.15, 0.2) is 6.29 Å². The normalized spacial score (nSPS) is 18.9. The first-order valence-corrected chi connectivity index (χ1v) is 12.4. The van der Waals surface area contributed by atoms with Crippen molar-refractivity contribution in [3.63, 3.8) is 0 Å². The molecule has 0 aliphatic carbocycles. The number of carbonyl (C=O) groups is 3. The molecule has 1 aliphatic heterocycles. The third-order valence-corrected chi connectivity index (χ3v) is 7.26. The van der Waals surface area contributed by atoms with Crippen molar-refractivity contribution in [2.24, 2.45) is 5.73 Å². The minimum Gasteiger partial charge on any atom is -0.394 e. The summed E-state index contributed by atoms with van der Waals surface area (Å²) in [5, 5.41) is 45.6. The number of aliphatic hydroxyl groups is 5. The van der Waals surface area contributed by atoms with E-state index < -0.39 is 41.4 Å². The van der Waals surface area contributed by atoms with Crippen LogP contribution >= 0.6 is 15.9 Å². The van der Waals surface area contributed by atoms with Gasteiger partial charge in [-0.25, -0.2) is 4.79 Å². The molecule has 0 bridgehead atoms. The second kappa shape index (κ2) is 17.5. The van der Waals surface area contributed by atoms with Gasteiger partial charge in [-0.2, -0.15) is 0 Å². The lowest BCUT2D eigenvalue weighted by atomic mass is 10.0. The van der Waals surface area contributed by atoms with Crippen LogP contribution in [0, 0.1) is 0 Å². The maximum Gasteiger partial charge on any atom is 0.318 e. The molecule has 0 spiro atoms. The summed E-state index contributed by atoms with van der Waals surface area (Å²) in [7, 11) is 2.19. The number of aromatic nitrogens is 1. The van der Waals surface area contributed by atoms with Crippen molar-refractivity contribution < 1.29 is 39.9 Å². The molecule has 0 aromatic carbocycles. The average Bonchev–Trinajstić information content (AvgIpc) is 3.32. The predicted octanol–water partition coefficient (Wildman–Crippen LogP) is -0.395. The summed E-state index contributed by atoms with van der Waals surface area (Å²) in [5.74, 6) is -0.375. The number of carbonyl (C=O) groups excluding carboxylic acids is 3. The number of aliphatic hydroxyl groups excluding tert-OH is 5. The maximum atomic E-state index is 11.3. The van der Waals surface area contributed by atoms with Gasteiger partial charge < -0.3 is 36.1 Å². The van der Waals surface area contributed by atoms with Gasteiger partial charge in [-0.15, -0.1) is 0 Å². The highest BCUT2D eigenvalue weighted by Gasteiger charge is 2.32. The van der Waals surface area contributed by atoms with Crippen LogP contribution in [0.15, 0.2) is 24.5 Å². The molecule has 206 valence electrons. The van der Waals surface area contributed by atoms with E-state index in [0.717, 1.165) is 0 Å². The standard InChI is InChI=1S/C10H14N2.C7H13BrN2O2.C6H12O6/c1-12-7-3-5-10(12)9-4-2-6-11-8-9;1-3-7(8,4-2)5(11)10-6(9)12;7-1-3(9)5(11)6(12)4(10)2-8/h2,4,6,8,10H,3,5,7H2,1H3;3-4H2,1-2H3,(H3,9,10,11,12);1,3-6,8-12H,2H2/t10-;;3-,4+,5+,6-/m0.0/s1. The summed E-state index contributed by atoms with van der Waals surface area (Å²) in [4.78, 5) is 38.1. The molecule has 1 aliphatic rings. The minimum absolute atomic E-state index is 0.0258. The van der Waals surface area contributed by atoms with E-state index in [-0.39, 0.29) is 12.2 Å². The molecule has 0 unspecified atom stereocenters. The van der Waals surface area contributed by atoms with Crippen LogP contribution in [-0.2, 0) is 9.59 Å². The van der Waals surface area contributed by atoms with E-state index >= 15 is 0 Å². The molecule has 5 atom stereocenters. The van der Waals surface area contributed by atoms with Crippen molar-refractivity contribution in [2.75, 3.05) is 20.2 Å². The highest BCUT2D eigenvalue weighted by molar-refractivity contribution is 9.10. The number of imide groups is 1. The Morgan fingerprint density at radius 3 is 2.28 bits per heavy atom. The third kappa shape index (κ3) is 11.4. The number of nitrogens with zero attached hydrogens (tertiary/aromatic N) is 2. The fourth-order valence-electron chi connectivity index (χ4n) is 3.32. The molecule has 1 aromatic rings. The summed E-state index contributed by atoms with van der Waals surface area (Å²) < 4.78 is -0.665. The Bertz CT molecular complexity index is 785. The Kier molecular flexibility index (Phi) is 16.5. The summed E-state index contributed by atoms with van der Waals surface area (Å²) in [6.45, 7) is 4.18. The summed E-state index contributed by atoms with van der Waals surface area (Å²) in [6.07, 6.45) is 0.794. The van der Waals surface area contributed by atoms with Crippen LogP contribution in [0.4, 0.5) is 4.79 Å². The third-order valence-electron chi connectivity index (χ3n) is 5.77. The van der Waals surface area contributed by atoms with E-state index in [2.05, 4.69) is 38.9 Å². The fourth-order valence-corrected chi connectivity index (χ4v) is 3.42. The molecular weight excluding hydrogens is 540 g/mol. The second-order valence-corrected chi connectivity index (χ2v) is 9.79. The first kappa shape index (κ1) is 34.0. The molecule has 36 heavy (non-hydrogen) atoms. The molecule has 1 aromatic heterocycles. The van der Waals surface area contributed by atoms with Gasteiger partial charge in [0, 0.05) is 18.4 Å². The van der Waals surface area contributed by atoms with Gasteiger partial charge in [0.2, 0.25) is 5.91 Å². The van der Waals surface area contributed by atoms with Crippen molar-refractivity contribution in [3.8, 4) is 0 Å². The number of nitrogens with one attached hydrogen (secondary N) is 1. The van der Waals surface area contributed by atoms with Gasteiger partial charge in [-0.3, -0.25) is 20.0 Å². The van der Waals surface area contributed by atoms with Gasteiger partial charge in [-0.1, -0.05) is 35.8 Å². The number of likely N-dealkylation sites (tertiary alicyclic amines) is 1. The number of rotatable bonds is 9. The van der Waals surface area contributed by atoms with Crippen LogP contribution in [0.1, 0.15) is 51.1 Å². The zero-order valence-corrected chi connectivity index (χ0v) is 22.4. The number of alkyl halides is 1. The first-order chi connectivity index (χ1) is 16.9. The Morgan fingerprint density at radius 1 is 1.28 bits per heavy atom. The van der Waals surface area contributed by atoms with Gasteiger partial charge in [-0.05, 0) is 50.9 Å². The van der Waals surface area contributed by atoms with Crippen LogP contribution < -0.4 is 11.1 Å². The van der Waals surface area contributed by atoms with Gasteiger partial charge in [0.25, 0.3) is 0 Å². The molecule has 12 nitrogen and oxygen atoms in total. The molecule has 3 amide bonds. The molecule has 2 rings (SSSR count). The van der Waals surface area contributed by atoms with Crippen LogP contribution in [0.25, 0.3) is 0 Å². The van der Waals surface area contributed by atoms with Crippen LogP contribution in [-0.4, -0.2) is 103 Å². The quantitative estimate of drug-likeness (QED) is 0.149. The van der Waals surface area contributed by atoms with E-state index in [0.29, 0.717) is 18.9 Å². The average molecular weight is 579 g/mol. The SMILES string of the molecule is CCC(Br)(CC)C(=O)NC(N)=O.CN1CCC[C@H]1c1cccnc1.O=C[C@H](O)[C@@H](O)[C@@H](O)[C@H](O)CO. The van der Waals surface area contributed by atoms with Crippen molar-refractivity contribution >= 4 is 34.2 Å². The Morgan fingerprint density at radius 2 is 1.89 bits per heavy atom. The largest absolute Gasteiger partial charge is 0.394 e. The minimum atomic E-state index is -1.79. The van der Waals surface area contributed by atoms with Crippen LogP contribution in [0.5, 0.6) is 0 Å². The summed E-state index contributed by atoms with van der Waals surface area (Å²) in [5.41, 5.74) is 6.17. The van der Waals surface area contributed by atoms with E-state index in [9.17, 15) is 14.4 Å². The summed E-state index contributed by atoms with van der Waals surface area (Å²) >= 11 is 3.26. The Hall–Kier alpha value is -2.00. The van der Waals surface area contributed by atoms with Gasteiger partial charge in [0.05, 0.1) is 6.61 Å². The number of primary amides is 1. The smallest absolute Gasteiger partial charge is 0.318 e. The molecule has 8 N–H and O–H groups in total. The molecule has 0 saturated carbocycles. The second-order valence-electron chi connectivity index (χ2n) is 8.27. The lowest BCUT2D eigenvalue weighted by Crippen LogP contribution is -2.46. The number of hydrogen-bond acceptors (Lipinski definition) is 10. The number of aldehydes is 1. The van der Waals surface area contributed by atoms with Crippen LogP contribution in [0.2, 0.25) is 0 Å². The number of urea groups is 1. The summed E-state index contributed by atoms with van der Waals surface area (Å²) in [6, 6.07) is 3.98. The molecule has 1 saturated heterocycles. The lowest BCUT2D eigenvalue weighted by molar-refractivity contribution is -0.136. The topological polar surface area (TPSA) is 207 Å². The highest BCUT2D eigenvalue weighted by atomic mass is 79.9. The fraction of sp³-hybridized carbons (Fsp3) is 0.652. The molecular formula is C23H39BrN4O8. The zero-order chi connectivity index (χ0) is 27.9. The van der Waals surface area contributed by atoms with E-state index in [1.165, 1.54) is 24.9 Å². The molecule has 1 fully saturated rings. The molecule has 13 heteroatoms. The van der Waals surface area contributed by atoms with Crippen molar-refractivity contribution in [3.05, 3.63) is 30.1 Å². The van der Waals surface area contributed by atoms with Gasteiger partial charge >= 0.3 is 6.03 Å². The monoisotopic (exact) mass is 578 g/mol. The van der Waals surface area contributed by atoms with Crippen molar-refractivity contribution in [1.29, 1.82) is 0 Å². The van der Waals surface area contributed by atoms with Gasteiger partial charge in [0.1, 0.15) is 28.7 Å². The number of pyridine rings is 1. The first-order valence-electron chi connectivity index (χ1n) is 11.6. The van der Waals surface area contributed by atoms with E-state index in [4.69, 9.17) is 31.3 Å². The van der Waals surface area contributed by atoms with Crippen LogP contribution in [0.3, 0.4) is 0 Å². The Balaban J connectivity index is 0.000000510. The maximum absolute atomic E-state index is 11.3. The predicted molar refractivity (Wildman–Crippen MR) is 136 cm³/mol. The van der Waals surface area contributed by atoms with E-state index in [1.54, 1.807) is 0 Å². The highest BCUT2D eigenvalue weighted by Crippen LogP contribution is 2.29. The lowest BCUT2D eigenvalue weighted by Gasteiger charge is -2.22. The molecule has 2 heterocycles. The zero-order valence-electron chi connectivity index (χ0n) is 20.8. The van der Waals surface area contributed by atoms with Crippen molar-refractivity contribution in [1.82, 2.24) is 15.2 Å². The number of hydrogen-bond donors (Lipinski definition) is 7. The van der Waals surface area contributed by atoms with E-state index in [1.807, 2.05) is 37.6 Å². The number of halogens is 1. The molecule has 0 radical (unpaired) electrons.